The minimum absolute atomic E-state index is 0. The van der Waals surface area contributed by atoms with Gasteiger partial charge in [0.05, 0.1) is 6.26 Å². The molecule has 1 amide bonds. The second-order valence-electron chi connectivity index (χ2n) is 6.31. The van der Waals surface area contributed by atoms with E-state index in [0.717, 1.165) is 38.1 Å². The van der Waals surface area contributed by atoms with Crippen LogP contribution >= 0.6 is 24.0 Å². The molecule has 1 atom stereocenters. The molecule has 0 spiro atoms. The lowest BCUT2D eigenvalue weighted by molar-refractivity contribution is -0.142. The van der Waals surface area contributed by atoms with E-state index in [-0.39, 0.29) is 36.0 Å². The van der Waals surface area contributed by atoms with Crippen LogP contribution in [0.15, 0.2) is 4.99 Å². The van der Waals surface area contributed by atoms with Crippen molar-refractivity contribution in [3.63, 3.8) is 0 Å². The fourth-order valence-electron chi connectivity index (χ4n) is 2.99. The molecule has 11 heteroatoms. The molecule has 2 heterocycles. The highest BCUT2D eigenvalue weighted by atomic mass is 127. The lowest BCUT2D eigenvalue weighted by Gasteiger charge is -2.37. The number of sulfonamides is 1. The van der Waals surface area contributed by atoms with Crippen LogP contribution in [-0.2, 0) is 19.6 Å². The first kappa shape index (κ1) is 23.4. The zero-order valence-electron chi connectivity index (χ0n) is 15.4. The normalized spacial score (nSPS) is 21.5. The molecule has 2 fully saturated rings. The van der Waals surface area contributed by atoms with Gasteiger partial charge in [0.2, 0.25) is 10.0 Å². The second-order valence-corrected chi connectivity index (χ2v) is 8.14. The summed E-state index contributed by atoms with van der Waals surface area (Å²) in [7, 11) is -1.42. The quantitative estimate of drug-likeness (QED) is 0.218. The summed E-state index contributed by atoms with van der Waals surface area (Å²) in [6, 6.07) is 0. The Morgan fingerprint density at radius 2 is 1.85 bits per heavy atom. The van der Waals surface area contributed by atoms with Crippen molar-refractivity contribution >= 4 is 45.9 Å². The Balaban J connectivity index is 0.00000338. The van der Waals surface area contributed by atoms with E-state index in [2.05, 4.69) is 19.9 Å². The Bertz CT molecular complexity index is 573. The largest absolute Gasteiger partial charge is 0.368 e. The number of halogens is 1. The van der Waals surface area contributed by atoms with Crippen molar-refractivity contribution in [1.82, 2.24) is 19.8 Å². The number of carbonyl (C=O) groups excluding carboxylic acids is 1. The summed E-state index contributed by atoms with van der Waals surface area (Å²) >= 11 is 0. The van der Waals surface area contributed by atoms with Gasteiger partial charge in [-0.15, -0.1) is 24.0 Å². The third-order valence-electron chi connectivity index (χ3n) is 4.31. The molecule has 1 unspecified atom stereocenters. The summed E-state index contributed by atoms with van der Waals surface area (Å²) in [6.45, 7) is 4.47. The Morgan fingerprint density at radius 1 is 1.19 bits per heavy atom. The number of nitrogens with one attached hydrogen (secondary N) is 2. The first-order valence-corrected chi connectivity index (χ1v) is 10.6. The Morgan fingerprint density at radius 3 is 2.38 bits per heavy atom. The summed E-state index contributed by atoms with van der Waals surface area (Å²) in [6.07, 6.45) is 3.34. The number of carbonyl (C=O) groups is 1. The molecule has 2 N–H and O–H groups in total. The van der Waals surface area contributed by atoms with E-state index in [1.807, 2.05) is 4.90 Å². The summed E-state index contributed by atoms with van der Waals surface area (Å²) < 4.78 is 30.0. The van der Waals surface area contributed by atoms with Crippen molar-refractivity contribution in [2.24, 2.45) is 4.99 Å². The second kappa shape index (κ2) is 11.2. The maximum Gasteiger partial charge on any atom is 0.251 e. The number of amides is 1. The van der Waals surface area contributed by atoms with Crippen molar-refractivity contribution in [2.75, 3.05) is 59.2 Å². The van der Waals surface area contributed by atoms with E-state index in [9.17, 15) is 13.2 Å². The van der Waals surface area contributed by atoms with Gasteiger partial charge in [-0.05, 0) is 19.3 Å². The molecule has 0 bridgehead atoms. The van der Waals surface area contributed by atoms with Crippen molar-refractivity contribution < 1.29 is 17.9 Å². The first-order valence-electron chi connectivity index (χ1n) is 8.71. The van der Waals surface area contributed by atoms with Gasteiger partial charge in [-0.1, -0.05) is 0 Å². The predicted molar refractivity (Wildman–Crippen MR) is 111 cm³/mol. The molecule has 2 aliphatic heterocycles. The standard InChI is InChI=1S/C15H29N5O4S.HI/c1-16-15(17-6-4-7-18-25(2,22)23)20-10-8-19(9-11-20)14(21)13-5-3-12-24-13;/h13,18H,3-12H2,1-2H3,(H,16,17);1H. The van der Waals surface area contributed by atoms with Crippen LogP contribution in [0.5, 0.6) is 0 Å². The molecule has 2 aliphatic rings. The average Bonchev–Trinajstić information content (AvgIpc) is 3.11. The summed E-state index contributed by atoms with van der Waals surface area (Å²) in [5.74, 6) is 0.885. The van der Waals surface area contributed by atoms with Gasteiger partial charge in [0, 0.05) is 52.9 Å². The van der Waals surface area contributed by atoms with E-state index in [0.29, 0.717) is 39.2 Å². The van der Waals surface area contributed by atoms with Crippen LogP contribution in [0.4, 0.5) is 0 Å². The summed E-state index contributed by atoms with van der Waals surface area (Å²) in [5.41, 5.74) is 0. The number of aliphatic imine (C=N–C) groups is 1. The van der Waals surface area contributed by atoms with Crippen LogP contribution in [0.3, 0.4) is 0 Å². The fourth-order valence-corrected chi connectivity index (χ4v) is 3.51. The predicted octanol–water partition coefficient (Wildman–Crippen LogP) is -0.558. The SMILES string of the molecule is CN=C(NCCCNS(C)(=O)=O)N1CCN(C(=O)C2CCCO2)CC1.I. The van der Waals surface area contributed by atoms with E-state index in [1.165, 1.54) is 0 Å². The molecule has 26 heavy (non-hydrogen) atoms. The van der Waals surface area contributed by atoms with Gasteiger partial charge < -0.3 is 19.9 Å². The summed E-state index contributed by atoms with van der Waals surface area (Å²) in [4.78, 5) is 20.6. The van der Waals surface area contributed by atoms with E-state index >= 15 is 0 Å². The Labute approximate surface area is 173 Å². The van der Waals surface area contributed by atoms with Gasteiger partial charge in [-0.3, -0.25) is 9.79 Å². The number of nitrogens with zero attached hydrogens (tertiary/aromatic N) is 3. The Kier molecular flexibility index (Phi) is 10.1. The van der Waals surface area contributed by atoms with Gasteiger partial charge in [0.25, 0.3) is 5.91 Å². The van der Waals surface area contributed by atoms with Crippen LogP contribution in [0.1, 0.15) is 19.3 Å². The van der Waals surface area contributed by atoms with Crippen LogP contribution in [0.25, 0.3) is 0 Å². The molecule has 0 aliphatic carbocycles. The fraction of sp³-hybridized carbons (Fsp3) is 0.867. The van der Waals surface area contributed by atoms with Gasteiger partial charge in [0.1, 0.15) is 6.10 Å². The molecule has 0 aromatic rings. The van der Waals surface area contributed by atoms with Crippen LogP contribution in [-0.4, -0.2) is 95.4 Å². The number of rotatable bonds is 6. The molecular formula is C15H30IN5O4S. The van der Waals surface area contributed by atoms with E-state index in [4.69, 9.17) is 4.74 Å². The van der Waals surface area contributed by atoms with Crippen LogP contribution in [0.2, 0.25) is 0 Å². The maximum atomic E-state index is 12.4. The maximum absolute atomic E-state index is 12.4. The minimum atomic E-state index is -3.14. The van der Waals surface area contributed by atoms with Gasteiger partial charge >= 0.3 is 0 Å². The first-order chi connectivity index (χ1) is 11.9. The molecule has 0 aromatic heterocycles. The molecule has 0 aromatic carbocycles. The number of piperazine rings is 1. The number of hydrogen-bond donors (Lipinski definition) is 2. The van der Waals surface area contributed by atoms with Crippen molar-refractivity contribution in [3.05, 3.63) is 0 Å². The van der Waals surface area contributed by atoms with Crippen molar-refractivity contribution in [1.29, 1.82) is 0 Å². The minimum Gasteiger partial charge on any atom is -0.368 e. The topological polar surface area (TPSA) is 103 Å². The number of hydrogen-bond acceptors (Lipinski definition) is 5. The average molecular weight is 503 g/mol. The molecular weight excluding hydrogens is 473 g/mol. The smallest absolute Gasteiger partial charge is 0.251 e. The molecule has 2 rings (SSSR count). The Hall–Kier alpha value is -0.660. The molecule has 0 radical (unpaired) electrons. The lowest BCUT2D eigenvalue weighted by atomic mass is 10.2. The van der Waals surface area contributed by atoms with Crippen LogP contribution < -0.4 is 10.0 Å². The number of ether oxygens (including phenoxy) is 1. The molecule has 9 nitrogen and oxygen atoms in total. The lowest BCUT2D eigenvalue weighted by Crippen LogP contribution is -2.55. The monoisotopic (exact) mass is 503 g/mol. The molecule has 152 valence electrons. The zero-order valence-corrected chi connectivity index (χ0v) is 18.6. The molecule has 2 saturated heterocycles. The van der Waals surface area contributed by atoms with Crippen molar-refractivity contribution in [2.45, 2.75) is 25.4 Å². The zero-order chi connectivity index (χ0) is 18.3. The summed E-state index contributed by atoms with van der Waals surface area (Å²) in [5, 5.41) is 3.24. The van der Waals surface area contributed by atoms with Gasteiger partial charge in [-0.2, -0.15) is 0 Å². The van der Waals surface area contributed by atoms with E-state index < -0.39 is 10.0 Å². The third kappa shape index (κ3) is 7.53. The third-order valence-corrected chi connectivity index (χ3v) is 5.04. The molecule has 0 saturated carbocycles. The highest BCUT2D eigenvalue weighted by Crippen LogP contribution is 2.16. The number of guanidine groups is 1. The van der Waals surface area contributed by atoms with Gasteiger partial charge in [0.15, 0.2) is 5.96 Å². The van der Waals surface area contributed by atoms with E-state index in [1.54, 1.807) is 7.05 Å². The highest BCUT2D eigenvalue weighted by molar-refractivity contribution is 14.0. The van der Waals surface area contributed by atoms with Crippen LogP contribution in [0, 0.1) is 0 Å². The van der Waals surface area contributed by atoms with Crippen molar-refractivity contribution in [3.8, 4) is 0 Å². The van der Waals surface area contributed by atoms with Gasteiger partial charge in [-0.25, -0.2) is 13.1 Å². The highest BCUT2D eigenvalue weighted by Gasteiger charge is 2.30.